The van der Waals surface area contributed by atoms with Gasteiger partial charge in [0.2, 0.25) is 0 Å². The van der Waals surface area contributed by atoms with Crippen LogP contribution in [0, 0.1) is 5.92 Å². The van der Waals surface area contributed by atoms with Gasteiger partial charge >= 0.3 is 0 Å². The average Bonchev–Trinajstić information content (AvgIpc) is 2.48. The van der Waals surface area contributed by atoms with Gasteiger partial charge in [-0.1, -0.05) is 19.8 Å². The molecule has 2 heteroatoms. The Morgan fingerprint density at radius 1 is 1.54 bits per heavy atom. The number of aliphatic hydroxyl groups excluding tert-OH is 1. The first kappa shape index (κ1) is 11.0. The van der Waals surface area contributed by atoms with Crippen molar-refractivity contribution in [1.29, 1.82) is 0 Å². The fraction of sp³-hybridized carbons (Fsp3) is 1.00. The van der Waals surface area contributed by atoms with Gasteiger partial charge in [0.05, 0.1) is 6.10 Å². The smallest absolute Gasteiger partial charge is 0.0543 e. The average molecular weight is 185 g/mol. The first-order chi connectivity index (χ1) is 6.22. The highest BCUT2D eigenvalue weighted by Gasteiger charge is 2.21. The maximum Gasteiger partial charge on any atom is 0.0543 e. The Labute approximate surface area is 81.9 Å². The molecule has 0 bridgehead atoms. The summed E-state index contributed by atoms with van der Waals surface area (Å²) >= 11 is 0. The van der Waals surface area contributed by atoms with E-state index in [1.807, 2.05) is 0 Å². The molecule has 2 nitrogen and oxygen atoms in total. The van der Waals surface area contributed by atoms with Crippen molar-refractivity contribution in [2.75, 3.05) is 20.1 Å². The Kier molecular flexibility index (Phi) is 4.74. The Morgan fingerprint density at radius 3 is 2.85 bits per heavy atom. The zero-order valence-electron chi connectivity index (χ0n) is 9.00. The molecule has 0 amide bonds. The monoisotopic (exact) mass is 185 g/mol. The van der Waals surface area contributed by atoms with Gasteiger partial charge in [-0.05, 0) is 38.8 Å². The molecule has 1 fully saturated rings. The molecule has 0 aromatic carbocycles. The maximum atomic E-state index is 9.71. The number of rotatable bonds is 5. The zero-order valence-corrected chi connectivity index (χ0v) is 9.00. The SMILES string of the molecule is CCCC[C@@H](O)CC1CCN(C)C1. The third-order valence-corrected chi connectivity index (χ3v) is 2.99. The van der Waals surface area contributed by atoms with Crippen molar-refractivity contribution >= 4 is 0 Å². The third-order valence-electron chi connectivity index (χ3n) is 2.99. The highest BCUT2D eigenvalue weighted by molar-refractivity contribution is 4.75. The number of unbranched alkanes of at least 4 members (excludes halogenated alkanes) is 1. The highest BCUT2D eigenvalue weighted by atomic mass is 16.3. The standard InChI is InChI=1S/C11H23NO/c1-3-4-5-11(13)8-10-6-7-12(2)9-10/h10-11,13H,3-9H2,1-2H3/t10?,11-/m1/s1. The summed E-state index contributed by atoms with van der Waals surface area (Å²) in [5.74, 6) is 0.747. The van der Waals surface area contributed by atoms with E-state index in [-0.39, 0.29) is 6.10 Å². The largest absolute Gasteiger partial charge is 0.393 e. The molecule has 0 saturated carbocycles. The molecule has 78 valence electrons. The summed E-state index contributed by atoms with van der Waals surface area (Å²) in [6, 6.07) is 0. The van der Waals surface area contributed by atoms with Crippen LogP contribution in [0.4, 0.5) is 0 Å². The molecule has 2 atom stereocenters. The van der Waals surface area contributed by atoms with E-state index in [9.17, 15) is 5.11 Å². The van der Waals surface area contributed by atoms with E-state index in [1.54, 1.807) is 0 Å². The van der Waals surface area contributed by atoms with Gasteiger partial charge in [-0.2, -0.15) is 0 Å². The van der Waals surface area contributed by atoms with Crippen molar-refractivity contribution in [1.82, 2.24) is 4.90 Å². The molecule has 1 rings (SSSR count). The summed E-state index contributed by atoms with van der Waals surface area (Å²) in [5, 5.41) is 9.71. The fourth-order valence-electron chi connectivity index (χ4n) is 2.16. The topological polar surface area (TPSA) is 23.5 Å². The van der Waals surface area contributed by atoms with Gasteiger partial charge in [0.15, 0.2) is 0 Å². The minimum atomic E-state index is -0.0450. The van der Waals surface area contributed by atoms with Crippen molar-refractivity contribution in [3.8, 4) is 0 Å². The number of aliphatic hydroxyl groups is 1. The first-order valence-corrected chi connectivity index (χ1v) is 5.59. The molecule has 1 saturated heterocycles. The molecule has 1 N–H and O–H groups in total. The van der Waals surface area contributed by atoms with Crippen molar-refractivity contribution in [3.63, 3.8) is 0 Å². The fourth-order valence-corrected chi connectivity index (χ4v) is 2.16. The molecule has 13 heavy (non-hydrogen) atoms. The molecule has 1 heterocycles. The Balaban J connectivity index is 2.09. The second-order valence-corrected chi connectivity index (χ2v) is 4.45. The van der Waals surface area contributed by atoms with Crippen molar-refractivity contribution in [2.45, 2.75) is 45.1 Å². The summed E-state index contributed by atoms with van der Waals surface area (Å²) < 4.78 is 0. The van der Waals surface area contributed by atoms with Gasteiger partial charge in [-0.3, -0.25) is 0 Å². The predicted octanol–water partition coefficient (Wildman–Crippen LogP) is 1.88. The lowest BCUT2D eigenvalue weighted by Crippen LogP contribution is -2.17. The molecule has 1 aliphatic rings. The van der Waals surface area contributed by atoms with Crippen molar-refractivity contribution in [3.05, 3.63) is 0 Å². The van der Waals surface area contributed by atoms with Gasteiger partial charge in [0.1, 0.15) is 0 Å². The quantitative estimate of drug-likeness (QED) is 0.707. The number of hydrogen-bond acceptors (Lipinski definition) is 2. The van der Waals surface area contributed by atoms with Gasteiger partial charge < -0.3 is 10.0 Å². The Bertz CT molecular complexity index is 138. The minimum absolute atomic E-state index is 0.0450. The molecule has 1 unspecified atom stereocenters. The number of hydrogen-bond donors (Lipinski definition) is 1. The van der Waals surface area contributed by atoms with Crippen LogP contribution in [0.25, 0.3) is 0 Å². The summed E-state index contributed by atoms with van der Waals surface area (Å²) in [6.07, 6.45) is 5.61. The number of nitrogens with zero attached hydrogens (tertiary/aromatic N) is 1. The van der Waals surface area contributed by atoms with E-state index in [4.69, 9.17) is 0 Å². The third kappa shape index (κ3) is 4.10. The minimum Gasteiger partial charge on any atom is -0.393 e. The summed E-state index contributed by atoms with van der Waals surface area (Å²) in [6.45, 7) is 4.57. The second-order valence-electron chi connectivity index (χ2n) is 4.45. The molecule has 0 aromatic rings. The van der Waals surface area contributed by atoms with Crippen LogP contribution < -0.4 is 0 Å². The summed E-state index contributed by atoms with van der Waals surface area (Å²) in [7, 11) is 2.17. The van der Waals surface area contributed by atoms with E-state index < -0.39 is 0 Å². The van der Waals surface area contributed by atoms with E-state index in [2.05, 4.69) is 18.9 Å². The van der Waals surface area contributed by atoms with Gasteiger partial charge in [-0.25, -0.2) is 0 Å². The lowest BCUT2D eigenvalue weighted by molar-refractivity contribution is 0.131. The zero-order chi connectivity index (χ0) is 9.68. The maximum absolute atomic E-state index is 9.71. The van der Waals surface area contributed by atoms with E-state index >= 15 is 0 Å². The van der Waals surface area contributed by atoms with E-state index in [1.165, 1.54) is 32.4 Å². The van der Waals surface area contributed by atoms with Gasteiger partial charge in [0.25, 0.3) is 0 Å². The molecule has 0 radical (unpaired) electrons. The van der Waals surface area contributed by atoms with Crippen LogP contribution in [0.15, 0.2) is 0 Å². The second kappa shape index (κ2) is 5.61. The summed E-state index contributed by atoms with van der Waals surface area (Å²) in [5.41, 5.74) is 0. The predicted molar refractivity (Wildman–Crippen MR) is 55.8 cm³/mol. The van der Waals surface area contributed by atoms with E-state index in [0.717, 1.165) is 18.8 Å². The van der Waals surface area contributed by atoms with Crippen LogP contribution in [0.1, 0.15) is 39.0 Å². The van der Waals surface area contributed by atoms with Crippen LogP contribution in [0.2, 0.25) is 0 Å². The highest BCUT2D eigenvalue weighted by Crippen LogP contribution is 2.21. The normalized spacial score (nSPS) is 26.5. The Hall–Kier alpha value is -0.0800. The molecule has 1 aliphatic heterocycles. The Morgan fingerprint density at radius 2 is 2.31 bits per heavy atom. The first-order valence-electron chi connectivity index (χ1n) is 5.59. The van der Waals surface area contributed by atoms with Crippen molar-refractivity contribution in [2.24, 2.45) is 5.92 Å². The molecular formula is C11H23NO. The van der Waals surface area contributed by atoms with Crippen LogP contribution in [-0.4, -0.2) is 36.2 Å². The molecule has 0 aliphatic carbocycles. The molecule has 0 spiro atoms. The number of likely N-dealkylation sites (tertiary alicyclic amines) is 1. The van der Waals surface area contributed by atoms with E-state index in [0.29, 0.717) is 0 Å². The van der Waals surface area contributed by atoms with Crippen molar-refractivity contribution < 1.29 is 5.11 Å². The van der Waals surface area contributed by atoms with Crippen LogP contribution >= 0.6 is 0 Å². The summed E-state index contributed by atoms with van der Waals surface area (Å²) in [4.78, 5) is 2.36. The lowest BCUT2D eigenvalue weighted by Gasteiger charge is -2.15. The van der Waals surface area contributed by atoms with Gasteiger partial charge in [-0.15, -0.1) is 0 Å². The lowest BCUT2D eigenvalue weighted by atomic mass is 9.98. The van der Waals surface area contributed by atoms with Crippen LogP contribution in [0.5, 0.6) is 0 Å². The molecule has 0 aromatic heterocycles. The van der Waals surface area contributed by atoms with Crippen LogP contribution in [-0.2, 0) is 0 Å². The van der Waals surface area contributed by atoms with Gasteiger partial charge in [0, 0.05) is 6.54 Å². The molecular weight excluding hydrogens is 162 g/mol. The van der Waals surface area contributed by atoms with Crippen LogP contribution in [0.3, 0.4) is 0 Å².